The summed E-state index contributed by atoms with van der Waals surface area (Å²) < 4.78 is 42.1. The third-order valence-corrected chi connectivity index (χ3v) is 7.64. The Balaban J connectivity index is 1.37. The van der Waals surface area contributed by atoms with E-state index < -0.39 is 15.8 Å². The van der Waals surface area contributed by atoms with Crippen molar-refractivity contribution in [2.45, 2.75) is 37.1 Å². The predicted octanol–water partition coefficient (Wildman–Crippen LogP) is 2.93. The van der Waals surface area contributed by atoms with Crippen LogP contribution in [0.15, 0.2) is 53.4 Å². The predicted molar refractivity (Wildman–Crippen MR) is 118 cm³/mol. The van der Waals surface area contributed by atoms with Gasteiger partial charge in [-0.05, 0) is 62.9 Å². The Morgan fingerprint density at radius 2 is 1.81 bits per heavy atom. The maximum atomic E-state index is 14.1. The summed E-state index contributed by atoms with van der Waals surface area (Å²) in [7, 11) is -3.56. The molecule has 8 heteroatoms. The summed E-state index contributed by atoms with van der Waals surface area (Å²) in [5, 5.41) is 0. The first-order chi connectivity index (χ1) is 14.8. The molecule has 1 N–H and O–H groups in total. The highest BCUT2D eigenvalue weighted by atomic mass is 32.2. The standard InChI is InChI=1S/C23H28FN3O3S/c1-17-8-10-19(11-9-17)31(29,30)25-15-18-5-4-13-26(16-18)22-12-14-27(23(22)28)21-7-3-2-6-20(21)24/h2-3,6-11,18,22,25H,4-5,12-16H2,1H3. The summed E-state index contributed by atoms with van der Waals surface area (Å²) in [6, 6.07) is 12.9. The molecule has 2 unspecified atom stereocenters. The Bertz CT molecular complexity index is 1040. The average molecular weight is 446 g/mol. The smallest absolute Gasteiger partial charge is 0.244 e. The van der Waals surface area contributed by atoms with Crippen LogP contribution >= 0.6 is 0 Å². The highest BCUT2D eigenvalue weighted by Gasteiger charge is 2.39. The molecule has 2 atom stereocenters. The molecule has 0 spiro atoms. The number of carbonyl (C=O) groups is 1. The molecule has 0 aromatic heterocycles. The van der Waals surface area contributed by atoms with Crippen LogP contribution in [0.2, 0.25) is 0 Å². The second kappa shape index (κ2) is 9.06. The van der Waals surface area contributed by atoms with Gasteiger partial charge in [-0.1, -0.05) is 29.8 Å². The second-order valence-electron chi connectivity index (χ2n) is 8.41. The lowest BCUT2D eigenvalue weighted by Gasteiger charge is -2.36. The van der Waals surface area contributed by atoms with Gasteiger partial charge in [0.25, 0.3) is 0 Å². The first kappa shape index (κ1) is 21.9. The van der Waals surface area contributed by atoms with Crippen LogP contribution in [0.4, 0.5) is 10.1 Å². The fourth-order valence-electron chi connectivity index (χ4n) is 4.49. The molecule has 0 radical (unpaired) electrons. The van der Waals surface area contributed by atoms with Crippen LogP contribution in [0, 0.1) is 18.7 Å². The zero-order valence-electron chi connectivity index (χ0n) is 17.6. The summed E-state index contributed by atoms with van der Waals surface area (Å²) in [5.74, 6) is -0.339. The van der Waals surface area contributed by atoms with Gasteiger partial charge < -0.3 is 4.90 Å². The molecule has 166 valence electrons. The van der Waals surface area contributed by atoms with Crippen molar-refractivity contribution in [3.05, 3.63) is 59.9 Å². The van der Waals surface area contributed by atoms with Gasteiger partial charge in [-0.15, -0.1) is 0 Å². The van der Waals surface area contributed by atoms with Gasteiger partial charge in [0.2, 0.25) is 15.9 Å². The number of likely N-dealkylation sites (tertiary alicyclic amines) is 1. The Kier molecular flexibility index (Phi) is 6.41. The molecule has 2 aliphatic rings. The van der Waals surface area contributed by atoms with E-state index in [0.29, 0.717) is 31.7 Å². The second-order valence-corrected chi connectivity index (χ2v) is 10.2. The van der Waals surface area contributed by atoms with E-state index in [-0.39, 0.29) is 22.8 Å². The molecule has 2 saturated heterocycles. The number of hydrogen-bond acceptors (Lipinski definition) is 4. The lowest BCUT2D eigenvalue weighted by atomic mass is 9.96. The number of nitrogens with one attached hydrogen (secondary N) is 1. The molecule has 6 nitrogen and oxygen atoms in total. The van der Waals surface area contributed by atoms with Gasteiger partial charge >= 0.3 is 0 Å². The molecule has 2 heterocycles. The third kappa shape index (κ3) is 4.81. The third-order valence-electron chi connectivity index (χ3n) is 6.20. The molecule has 0 aliphatic carbocycles. The number of benzene rings is 2. The van der Waals surface area contributed by atoms with Crippen molar-refractivity contribution in [1.82, 2.24) is 9.62 Å². The van der Waals surface area contributed by atoms with E-state index in [1.165, 1.54) is 11.0 Å². The number of piperidine rings is 1. The van der Waals surface area contributed by atoms with Crippen molar-refractivity contribution in [1.29, 1.82) is 0 Å². The molecule has 4 rings (SSSR count). The van der Waals surface area contributed by atoms with Crippen molar-refractivity contribution in [3.8, 4) is 0 Å². The molecule has 0 bridgehead atoms. The summed E-state index contributed by atoms with van der Waals surface area (Å²) in [6.07, 6.45) is 2.46. The highest BCUT2D eigenvalue weighted by molar-refractivity contribution is 7.89. The zero-order chi connectivity index (χ0) is 22.0. The van der Waals surface area contributed by atoms with Gasteiger partial charge in [0, 0.05) is 19.6 Å². The van der Waals surface area contributed by atoms with E-state index in [4.69, 9.17) is 0 Å². The molecular weight excluding hydrogens is 417 g/mol. The van der Waals surface area contributed by atoms with Gasteiger partial charge in [0.1, 0.15) is 5.82 Å². The van der Waals surface area contributed by atoms with E-state index in [1.54, 1.807) is 42.5 Å². The largest absolute Gasteiger partial charge is 0.308 e. The first-order valence-corrected chi connectivity index (χ1v) is 12.2. The van der Waals surface area contributed by atoms with Crippen molar-refractivity contribution >= 4 is 21.6 Å². The molecule has 31 heavy (non-hydrogen) atoms. The summed E-state index contributed by atoms with van der Waals surface area (Å²) in [4.78, 5) is 16.9. The van der Waals surface area contributed by atoms with Crippen molar-refractivity contribution in [2.75, 3.05) is 31.1 Å². The van der Waals surface area contributed by atoms with Crippen LogP contribution in [0.5, 0.6) is 0 Å². The maximum Gasteiger partial charge on any atom is 0.244 e. The van der Waals surface area contributed by atoms with Gasteiger partial charge in [0.15, 0.2) is 0 Å². The van der Waals surface area contributed by atoms with Crippen molar-refractivity contribution in [2.24, 2.45) is 5.92 Å². The fourth-order valence-corrected chi connectivity index (χ4v) is 5.60. The number of sulfonamides is 1. The van der Waals surface area contributed by atoms with Crippen LogP contribution in [-0.4, -0.2) is 51.4 Å². The molecule has 2 aromatic rings. The maximum absolute atomic E-state index is 14.1. The van der Waals surface area contributed by atoms with Crippen molar-refractivity contribution < 1.29 is 17.6 Å². The number of halogens is 1. The summed E-state index contributed by atoms with van der Waals surface area (Å²) in [6.45, 7) is 4.19. The van der Waals surface area contributed by atoms with Crippen LogP contribution in [-0.2, 0) is 14.8 Å². The van der Waals surface area contributed by atoms with E-state index >= 15 is 0 Å². The zero-order valence-corrected chi connectivity index (χ0v) is 18.4. The van der Waals surface area contributed by atoms with Crippen molar-refractivity contribution in [3.63, 3.8) is 0 Å². The van der Waals surface area contributed by atoms with Gasteiger partial charge in [0.05, 0.1) is 16.6 Å². The molecule has 0 saturated carbocycles. The van der Waals surface area contributed by atoms with Gasteiger partial charge in [-0.3, -0.25) is 9.69 Å². The van der Waals surface area contributed by atoms with Gasteiger partial charge in [-0.2, -0.15) is 0 Å². The highest BCUT2D eigenvalue weighted by Crippen LogP contribution is 2.29. The Hall–Kier alpha value is -2.29. The van der Waals surface area contributed by atoms with Crippen LogP contribution in [0.3, 0.4) is 0 Å². The minimum atomic E-state index is -3.56. The summed E-state index contributed by atoms with van der Waals surface area (Å²) >= 11 is 0. The normalized spacial score (nSPS) is 22.8. The van der Waals surface area contributed by atoms with Crippen LogP contribution in [0.1, 0.15) is 24.8 Å². The van der Waals surface area contributed by atoms with E-state index in [9.17, 15) is 17.6 Å². The topological polar surface area (TPSA) is 69.7 Å². The van der Waals surface area contributed by atoms with Crippen LogP contribution < -0.4 is 9.62 Å². The van der Waals surface area contributed by atoms with E-state index in [0.717, 1.165) is 24.9 Å². The number of carbonyl (C=O) groups excluding carboxylic acids is 1. The minimum absolute atomic E-state index is 0.0778. The van der Waals surface area contributed by atoms with Gasteiger partial charge in [-0.25, -0.2) is 17.5 Å². The number of rotatable bonds is 6. The number of hydrogen-bond donors (Lipinski definition) is 1. The number of anilines is 1. The molecule has 2 fully saturated rings. The minimum Gasteiger partial charge on any atom is -0.308 e. The number of nitrogens with zero attached hydrogens (tertiary/aromatic N) is 2. The molecule has 2 aromatic carbocycles. The quantitative estimate of drug-likeness (QED) is 0.742. The number of para-hydroxylation sites is 1. The molecular formula is C23H28FN3O3S. The Morgan fingerprint density at radius 3 is 2.55 bits per heavy atom. The number of amides is 1. The molecule has 2 aliphatic heterocycles. The van der Waals surface area contributed by atoms with Crippen LogP contribution in [0.25, 0.3) is 0 Å². The average Bonchev–Trinajstić information content (AvgIpc) is 3.14. The lowest BCUT2D eigenvalue weighted by molar-refractivity contribution is -0.122. The SMILES string of the molecule is Cc1ccc(S(=O)(=O)NCC2CCCN(C3CCN(c4ccccc4F)C3=O)C2)cc1. The number of aryl methyl sites for hydroxylation is 1. The molecule has 1 amide bonds. The lowest BCUT2D eigenvalue weighted by Crippen LogP contribution is -2.48. The van der Waals surface area contributed by atoms with E-state index in [2.05, 4.69) is 9.62 Å². The summed E-state index contributed by atoms with van der Waals surface area (Å²) in [5.41, 5.74) is 1.34. The fraction of sp³-hybridized carbons (Fsp3) is 0.435. The Morgan fingerprint density at radius 1 is 1.06 bits per heavy atom. The first-order valence-electron chi connectivity index (χ1n) is 10.7. The monoisotopic (exact) mass is 445 g/mol. The van der Waals surface area contributed by atoms with E-state index in [1.807, 2.05) is 6.92 Å². The Labute approximate surface area is 183 Å².